The summed E-state index contributed by atoms with van der Waals surface area (Å²) in [4.78, 5) is 26.5. The Bertz CT molecular complexity index is 743. The van der Waals surface area contributed by atoms with E-state index in [4.69, 9.17) is 4.42 Å². The summed E-state index contributed by atoms with van der Waals surface area (Å²) in [6, 6.07) is 11.3. The quantitative estimate of drug-likeness (QED) is 0.652. The lowest BCUT2D eigenvalue weighted by Gasteiger charge is -2.33. The molecule has 0 saturated carbocycles. The summed E-state index contributed by atoms with van der Waals surface area (Å²) < 4.78 is 10.2. The molecule has 25 heavy (non-hydrogen) atoms. The highest BCUT2D eigenvalue weighted by molar-refractivity contribution is 5.94. The van der Waals surface area contributed by atoms with Gasteiger partial charge in [0.2, 0.25) is 5.76 Å². The molecule has 0 aliphatic carbocycles. The van der Waals surface area contributed by atoms with Gasteiger partial charge in [0.1, 0.15) is 6.54 Å². The molecule has 0 radical (unpaired) electrons. The van der Waals surface area contributed by atoms with Crippen LogP contribution in [0.4, 0.5) is 5.69 Å². The smallest absolute Gasteiger partial charge is 0.373 e. The number of furan rings is 1. The third-order valence-electron chi connectivity index (χ3n) is 4.58. The van der Waals surface area contributed by atoms with Gasteiger partial charge in [-0.3, -0.25) is 4.79 Å². The number of benzene rings is 1. The number of hydrogen-bond donors (Lipinski definition) is 1. The fourth-order valence-corrected chi connectivity index (χ4v) is 3.09. The Morgan fingerprint density at radius 3 is 2.40 bits per heavy atom. The average Bonchev–Trinajstić information content (AvgIpc) is 3.10. The predicted molar refractivity (Wildman–Crippen MR) is 93.1 cm³/mol. The number of esters is 1. The number of rotatable bonds is 5. The molecule has 1 aliphatic heterocycles. The van der Waals surface area contributed by atoms with Crippen LogP contribution in [-0.2, 0) is 11.3 Å². The van der Waals surface area contributed by atoms with E-state index in [0.717, 1.165) is 49.7 Å². The SMILES string of the molecule is COC(=O)c1ccc(C[NH+]2CCN(c3ccc(C(C)=O)cc3)CC2)o1. The van der Waals surface area contributed by atoms with E-state index in [0.29, 0.717) is 0 Å². The van der Waals surface area contributed by atoms with Crippen LogP contribution in [0.3, 0.4) is 0 Å². The molecule has 1 N–H and O–H groups in total. The Hall–Kier alpha value is -2.60. The lowest BCUT2D eigenvalue weighted by atomic mass is 10.1. The lowest BCUT2D eigenvalue weighted by Crippen LogP contribution is -3.13. The number of anilines is 1. The van der Waals surface area contributed by atoms with Gasteiger partial charge in [0.15, 0.2) is 11.5 Å². The first-order valence-corrected chi connectivity index (χ1v) is 8.43. The highest BCUT2D eigenvalue weighted by atomic mass is 16.5. The summed E-state index contributed by atoms with van der Waals surface area (Å²) in [5.74, 6) is 0.696. The molecular formula is C19H23N2O4+. The molecule has 0 amide bonds. The summed E-state index contributed by atoms with van der Waals surface area (Å²) in [6.45, 7) is 6.20. The van der Waals surface area contributed by atoms with E-state index in [1.165, 1.54) is 12.0 Å². The van der Waals surface area contributed by atoms with Gasteiger partial charge >= 0.3 is 5.97 Å². The summed E-state index contributed by atoms with van der Waals surface area (Å²) in [5.41, 5.74) is 1.89. The molecule has 1 saturated heterocycles. The van der Waals surface area contributed by atoms with Crippen LogP contribution in [0.5, 0.6) is 0 Å². The minimum absolute atomic E-state index is 0.0885. The number of ether oxygens (including phenoxy) is 1. The number of carbonyl (C=O) groups is 2. The van der Waals surface area contributed by atoms with E-state index in [1.54, 1.807) is 13.0 Å². The fraction of sp³-hybridized carbons (Fsp3) is 0.368. The highest BCUT2D eigenvalue weighted by Crippen LogP contribution is 2.16. The molecule has 0 bridgehead atoms. The van der Waals surface area contributed by atoms with Crippen LogP contribution in [0.2, 0.25) is 0 Å². The van der Waals surface area contributed by atoms with Crippen LogP contribution in [0.1, 0.15) is 33.6 Å². The van der Waals surface area contributed by atoms with Crippen molar-refractivity contribution in [3.05, 3.63) is 53.5 Å². The Morgan fingerprint density at radius 2 is 1.80 bits per heavy atom. The minimum Gasteiger partial charge on any atom is -0.463 e. The van der Waals surface area contributed by atoms with Gasteiger partial charge in [0, 0.05) is 11.3 Å². The molecule has 1 aromatic carbocycles. The van der Waals surface area contributed by atoms with E-state index in [2.05, 4.69) is 9.64 Å². The molecule has 0 unspecified atom stereocenters. The first kappa shape index (κ1) is 17.2. The molecule has 6 heteroatoms. The van der Waals surface area contributed by atoms with Crippen LogP contribution in [0.15, 0.2) is 40.8 Å². The van der Waals surface area contributed by atoms with Crippen LogP contribution in [0.25, 0.3) is 0 Å². The number of ketones is 1. The van der Waals surface area contributed by atoms with E-state index < -0.39 is 5.97 Å². The number of methoxy groups -OCH3 is 1. The normalized spacial score (nSPS) is 15.2. The molecule has 0 spiro atoms. The minimum atomic E-state index is -0.444. The van der Waals surface area contributed by atoms with Gasteiger partial charge in [-0.25, -0.2) is 4.79 Å². The second-order valence-electron chi connectivity index (χ2n) is 6.27. The van der Waals surface area contributed by atoms with E-state index >= 15 is 0 Å². The second-order valence-corrected chi connectivity index (χ2v) is 6.27. The predicted octanol–water partition coefficient (Wildman–Crippen LogP) is 1.17. The maximum absolute atomic E-state index is 11.4. The molecule has 132 valence electrons. The molecule has 1 aliphatic rings. The largest absolute Gasteiger partial charge is 0.463 e. The Balaban J connectivity index is 1.54. The van der Waals surface area contributed by atoms with E-state index in [-0.39, 0.29) is 11.5 Å². The van der Waals surface area contributed by atoms with E-state index in [9.17, 15) is 9.59 Å². The van der Waals surface area contributed by atoms with Crippen molar-refractivity contribution >= 4 is 17.4 Å². The summed E-state index contributed by atoms with van der Waals surface area (Å²) in [7, 11) is 1.35. The van der Waals surface area contributed by atoms with Crippen molar-refractivity contribution < 1.29 is 23.6 Å². The lowest BCUT2D eigenvalue weighted by molar-refractivity contribution is -0.915. The molecule has 3 rings (SSSR count). The zero-order chi connectivity index (χ0) is 17.8. The fourth-order valence-electron chi connectivity index (χ4n) is 3.09. The van der Waals surface area contributed by atoms with Crippen molar-refractivity contribution in [2.24, 2.45) is 0 Å². The van der Waals surface area contributed by atoms with Gasteiger partial charge in [-0.2, -0.15) is 0 Å². The van der Waals surface area contributed by atoms with Crippen molar-refractivity contribution in [1.82, 2.24) is 0 Å². The number of hydrogen-bond acceptors (Lipinski definition) is 5. The molecule has 0 atom stereocenters. The second kappa shape index (κ2) is 7.53. The van der Waals surface area contributed by atoms with Crippen LogP contribution >= 0.6 is 0 Å². The van der Waals surface area contributed by atoms with Crippen molar-refractivity contribution in [2.45, 2.75) is 13.5 Å². The standard InChI is InChI=1S/C19H22N2O4/c1-14(22)15-3-5-16(6-4-15)21-11-9-20(10-12-21)13-17-7-8-18(25-17)19(23)24-2/h3-8H,9-13H2,1-2H3/p+1. The van der Waals surface area contributed by atoms with Gasteiger partial charge < -0.3 is 19.0 Å². The van der Waals surface area contributed by atoms with Gasteiger partial charge in [0.25, 0.3) is 0 Å². The molecular weight excluding hydrogens is 320 g/mol. The van der Waals surface area contributed by atoms with Crippen molar-refractivity contribution in [1.29, 1.82) is 0 Å². The molecule has 2 heterocycles. The average molecular weight is 343 g/mol. The monoisotopic (exact) mass is 343 g/mol. The van der Waals surface area contributed by atoms with E-state index in [1.807, 2.05) is 30.3 Å². The maximum Gasteiger partial charge on any atom is 0.373 e. The summed E-state index contributed by atoms with van der Waals surface area (Å²) >= 11 is 0. The highest BCUT2D eigenvalue weighted by Gasteiger charge is 2.22. The maximum atomic E-state index is 11.4. The first-order valence-electron chi connectivity index (χ1n) is 8.43. The first-order chi connectivity index (χ1) is 12.1. The van der Waals surface area contributed by atoms with Crippen LogP contribution in [-0.4, -0.2) is 45.0 Å². The van der Waals surface area contributed by atoms with Gasteiger partial charge in [0.05, 0.1) is 33.3 Å². The number of nitrogens with zero attached hydrogens (tertiary/aromatic N) is 1. The molecule has 1 aromatic heterocycles. The number of Topliss-reactive ketones (excluding diaryl/α,β-unsaturated/α-hetero) is 1. The summed E-state index contributed by atoms with van der Waals surface area (Å²) in [6.07, 6.45) is 0. The van der Waals surface area contributed by atoms with Gasteiger partial charge in [-0.1, -0.05) is 0 Å². The number of piperazine rings is 1. The van der Waals surface area contributed by atoms with Crippen molar-refractivity contribution in [2.75, 3.05) is 38.2 Å². The zero-order valence-corrected chi connectivity index (χ0v) is 14.6. The van der Waals surface area contributed by atoms with Crippen LogP contribution < -0.4 is 9.80 Å². The Morgan fingerprint density at radius 1 is 1.12 bits per heavy atom. The number of quaternary nitrogens is 1. The topological polar surface area (TPSA) is 64.2 Å². The molecule has 6 nitrogen and oxygen atoms in total. The van der Waals surface area contributed by atoms with Crippen molar-refractivity contribution in [3.63, 3.8) is 0 Å². The van der Waals surface area contributed by atoms with Gasteiger partial charge in [-0.15, -0.1) is 0 Å². The Labute approximate surface area is 147 Å². The molecule has 1 fully saturated rings. The van der Waals surface area contributed by atoms with Crippen molar-refractivity contribution in [3.8, 4) is 0 Å². The third kappa shape index (κ3) is 4.09. The number of carbonyl (C=O) groups excluding carboxylic acids is 2. The molecule has 2 aromatic rings. The number of nitrogens with one attached hydrogen (secondary N) is 1. The zero-order valence-electron chi connectivity index (χ0n) is 14.6. The van der Waals surface area contributed by atoms with Crippen LogP contribution in [0, 0.1) is 0 Å². The Kier molecular flexibility index (Phi) is 5.19. The summed E-state index contributed by atoms with van der Waals surface area (Å²) in [5, 5.41) is 0. The third-order valence-corrected chi connectivity index (χ3v) is 4.58. The van der Waals surface area contributed by atoms with Gasteiger partial charge in [-0.05, 0) is 43.3 Å².